The number of carbonyl (C=O) groups excluding carboxylic acids is 2. The molecule has 0 heterocycles. The summed E-state index contributed by atoms with van der Waals surface area (Å²) in [5.74, 6) is -0.929. The number of amides is 2. The number of nitrogens with zero attached hydrogens (tertiary/aromatic N) is 2. The lowest BCUT2D eigenvalue weighted by Gasteiger charge is -2.32. The summed E-state index contributed by atoms with van der Waals surface area (Å²) in [6, 6.07) is 17.1. The van der Waals surface area contributed by atoms with Crippen LogP contribution in [0.5, 0.6) is 0 Å². The molecule has 0 unspecified atom stereocenters. The fourth-order valence-electron chi connectivity index (χ4n) is 3.87. The Kier molecular flexibility index (Phi) is 9.82. The van der Waals surface area contributed by atoms with E-state index in [2.05, 4.69) is 5.32 Å². The van der Waals surface area contributed by atoms with Crippen LogP contribution < -0.4 is 9.62 Å². The molecule has 0 bridgehead atoms. The number of likely N-dealkylation sites (N-methyl/N-ethyl adjacent to an activating group) is 1. The van der Waals surface area contributed by atoms with Gasteiger partial charge in [-0.15, -0.1) is 0 Å². The molecule has 0 aliphatic heterocycles. The van der Waals surface area contributed by atoms with Gasteiger partial charge in [0.25, 0.3) is 10.0 Å². The number of hydrogen-bond acceptors (Lipinski definition) is 4. The van der Waals surface area contributed by atoms with Crippen LogP contribution in [0.15, 0.2) is 71.6 Å². The fourth-order valence-corrected chi connectivity index (χ4v) is 5.76. The van der Waals surface area contributed by atoms with Crippen molar-refractivity contribution in [1.29, 1.82) is 0 Å². The van der Waals surface area contributed by atoms with Gasteiger partial charge in [-0.1, -0.05) is 53.5 Å². The van der Waals surface area contributed by atoms with E-state index in [1.165, 1.54) is 17.0 Å². The van der Waals surface area contributed by atoms with E-state index in [0.29, 0.717) is 27.8 Å². The molecule has 3 aromatic rings. The van der Waals surface area contributed by atoms with Crippen molar-refractivity contribution in [3.05, 3.63) is 93.5 Å². The molecule has 0 saturated carbocycles. The maximum atomic E-state index is 13.9. The topological polar surface area (TPSA) is 86.8 Å². The third-order valence-electron chi connectivity index (χ3n) is 6.26. The predicted octanol–water partition coefficient (Wildman–Crippen LogP) is 5.36. The summed E-state index contributed by atoms with van der Waals surface area (Å²) >= 11 is 12.4. The molecular weight excluding hydrogens is 545 g/mol. The molecule has 0 radical (unpaired) electrons. The predicted molar refractivity (Wildman–Crippen MR) is 152 cm³/mol. The standard InChI is InChI=1S/C28H31Cl2N3O4S/c1-5-31-28(35)21(4)32(17-22-12-13-23(29)16-26(22)30)27(34)18-33(24-14-11-19(2)20(3)15-24)38(36,37)25-9-7-6-8-10-25/h6-16,21H,5,17-18H2,1-4H3,(H,31,35)/t21-/m0/s1. The zero-order chi connectivity index (χ0) is 28.0. The van der Waals surface area contributed by atoms with Gasteiger partial charge in [-0.3, -0.25) is 13.9 Å². The van der Waals surface area contributed by atoms with Gasteiger partial charge >= 0.3 is 0 Å². The number of hydrogen-bond donors (Lipinski definition) is 1. The molecule has 0 aliphatic carbocycles. The van der Waals surface area contributed by atoms with Crippen LogP contribution in [-0.2, 0) is 26.2 Å². The minimum absolute atomic E-state index is 0.0146. The number of benzene rings is 3. The molecule has 0 aliphatic rings. The average Bonchev–Trinajstić information content (AvgIpc) is 2.88. The first kappa shape index (κ1) is 29.5. The summed E-state index contributed by atoms with van der Waals surface area (Å²) in [4.78, 5) is 28.0. The number of sulfonamides is 1. The van der Waals surface area contributed by atoms with E-state index >= 15 is 0 Å². The van der Waals surface area contributed by atoms with E-state index in [1.54, 1.807) is 62.4 Å². The van der Waals surface area contributed by atoms with Crippen LogP contribution in [0.3, 0.4) is 0 Å². The first-order valence-corrected chi connectivity index (χ1v) is 14.3. The van der Waals surface area contributed by atoms with Gasteiger partial charge in [0.1, 0.15) is 12.6 Å². The summed E-state index contributed by atoms with van der Waals surface area (Å²) < 4.78 is 28.6. The van der Waals surface area contributed by atoms with Crippen LogP contribution in [-0.4, -0.2) is 44.3 Å². The summed E-state index contributed by atoms with van der Waals surface area (Å²) in [5.41, 5.74) is 2.79. The number of halogens is 2. The molecule has 3 rings (SSSR count). The molecule has 1 atom stereocenters. The van der Waals surface area contributed by atoms with Gasteiger partial charge in [0.2, 0.25) is 11.8 Å². The highest BCUT2D eigenvalue weighted by Gasteiger charge is 2.32. The Balaban J connectivity index is 2.06. The van der Waals surface area contributed by atoms with Crippen molar-refractivity contribution in [1.82, 2.24) is 10.2 Å². The summed E-state index contributed by atoms with van der Waals surface area (Å²) in [6.45, 7) is 7.02. The summed E-state index contributed by atoms with van der Waals surface area (Å²) in [5, 5.41) is 3.49. The lowest BCUT2D eigenvalue weighted by Crippen LogP contribution is -2.51. The van der Waals surface area contributed by atoms with Gasteiger partial charge in [0.15, 0.2) is 0 Å². The molecular formula is C28H31Cl2N3O4S. The van der Waals surface area contributed by atoms with Crippen LogP contribution >= 0.6 is 23.2 Å². The molecule has 3 aromatic carbocycles. The van der Waals surface area contributed by atoms with E-state index in [0.717, 1.165) is 15.4 Å². The van der Waals surface area contributed by atoms with Crippen molar-refractivity contribution in [2.45, 2.75) is 45.2 Å². The van der Waals surface area contributed by atoms with Crippen LogP contribution in [0.1, 0.15) is 30.5 Å². The Labute approximate surface area is 234 Å². The van der Waals surface area contributed by atoms with E-state index < -0.39 is 28.5 Å². The third-order valence-corrected chi connectivity index (χ3v) is 8.64. The Morgan fingerprint density at radius 2 is 1.63 bits per heavy atom. The van der Waals surface area contributed by atoms with Crippen LogP contribution in [0.4, 0.5) is 5.69 Å². The highest BCUT2D eigenvalue weighted by atomic mass is 35.5. The first-order valence-electron chi connectivity index (χ1n) is 12.1. The highest BCUT2D eigenvalue weighted by molar-refractivity contribution is 7.92. The molecule has 10 heteroatoms. The Bertz CT molecular complexity index is 1410. The normalized spacial score (nSPS) is 12.1. The van der Waals surface area contributed by atoms with E-state index in [4.69, 9.17) is 23.2 Å². The molecule has 1 N–H and O–H groups in total. The quantitative estimate of drug-likeness (QED) is 0.352. The maximum absolute atomic E-state index is 13.9. The minimum Gasteiger partial charge on any atom is -0.355 e. The van der Waals surface area contributed by atoms with E-state index in [-0.39, 0.29) is 17.3 Å². The number of nitrogens with one attached hydrogen (secondary N) is 1. The Morgan fingerprint density at radius 3 is 2.24 bits per heavy atom. The average molecular weight is 577 g/mol. The van der Waals surface area contributed by atoms with Crippen molar-refractivity contribution in [2.24, 2.45) is 0 Å². The van der Waals surface area contributed by atoms with Crippen LogP contribution in [0, 0.1) is 13.8 Å². The molecule has 2 amide bonds. The first-order chi connectivity index (χ1) is 17.9. The third kappa shape index (κ3) is 6.87. The van der Waals surface area contributed by atoms with Gasteiger partial charge in [-0.05, 0) is 80.8 Å². The van der Waals surface area contributed by atoms with Crippen LogP contribution in [0.2, 0.25) is 10.0 Å². The Hall–Kier alpha value is -3.07. The maximum Gasteiger partial charge on any atom is 0.264 e. The van der Waals surface area contributed by atoms with Gasteiger partial charge in [0.05, 0.1) is 10.6 Å². The van der Waals surface area contributed by atoms with E-state index in [9.17, 15) is 18.0 Å². The van der Waals surface area contributed by atoms with Gasteiger partial charge in [-0.25, -0.2) is 8.42 Å². The smallest absolute Gasteiger partial charge is 0.264 e. The van der Waals surface area contributed by atoms with Gasteiger partial charge in [-0.2, -0.15) is 0 Å². The number of carbonyl (C=O) groups is 2. The number of anilines is 1. The van der Waals surface area contributed by atoms with Crippen molar-refractivity contribution in [3.8, 4) is 0 Å². The second-order valence-electron chi connectivity index (χ2n) is 8.92. The van der Waals surface area contributed by atoms with Gasteiger partial charge < -0.3 is 10.2 Å². The second kappa shape index (κ2) is 12.7. The van der Waals surface area contributed by atoms with E-state index in [1.807, 2.05) is 19.9 Å². The van der Waals surface area contributed by atoms with Crippen LogP contribution in [0.25, 0.3) is 0 Å². The monoisotopic (exact) mass is 575 g/mol. The molecule has 38 heavy (non-hydrogen) atoms. The number of rotatable bonds is 10. The van der Waals surface area contributed by atoms with Gasteiger partial charge in [0, 0.05) is 23.1 Å². The van der Waals surface area contributed by atoms with Crippen molar-refractivity contribution >= 4 is 50.7 Å². The van der Waals surface area contributed by atoms with Crippen molar-refractivity contribution < 1.29 is 18.0 Å². The molecule has 7 nitrogen and oxygen atoms in total. The molecule has 0 saturated heterocycles. The Morgan fingerprint density at radius 1 is 0.947 bits per heavy atom. The molecule has 0 fully saturated rings. The summed E-state index contributed by atoms with van der Waals surface area (Å²) in [7, 11) is -4.11. The van der Waals surface area contributed by atoms with Crippen molar-refractivity contribution in [3.63, 3.8) is 0 Å². The largest absolute Gasteiger partial charge is 0.355 e. The fraction of sp³-hybridized carbons (Fsp3) is 0.286. The summed E-state index contributed by atoms with van der Waals surface area (Å²) in [6.07, 6.45) is 0. The lowest BCUT2D eigenvalue weighted by atomic mass is 10.1. The SMILES string of the molecule is CCNC(=O)[C@H](C)N(Cc1ccc(Cl)cc1Cl)C(=O)CN(c1ccc(C)c(C)c1)S(=O)(=O)c1ccccc1. The lowest BCUT2D eigenvalue weighted by molar-refractivity contribution is -0.139. The van der Waals surface area contributed by atoms with Crippen molar-refractivity contribution in [2.75, 3.05) is 17.4 Å². The molecule has 0 spiro atoms. The zero-order valence-electron chi connectivity index (χ0n) is 21.7. The highest BCUT2D eigenvalue weighted by Crippen LogP contribution is 2.27. The minimum atomic E-state index is -4.11. The number of aryl methyl sites for hydroxylation is 2. The molecule has 0 aromatic heterocycles. The molecule has 202 valence electrons. The zero-order valence-corrected chi connectivity index (χ0v) is 24.1. The second-order valence-corrected chi connectivity index (χ2v) is 11.6.